The van der Waals surface area contributed by atoms with Crippen LogP contribution in [-0.2, 0) is 11.3 Å². The Morgan fingerprint density at radius 3 is 2.67 bits per heavy atom. The van der Waals surface area contributed by atoms with E-state index >= 15 is 0 Å². The molecule has 0 radical (unpaired) electrons. The largest absolute Gasteiger partial charge is 0.497 e. The highest BCUT2D eigenvalue weighted by molar-refractivity contribution is 7.99. The van der Waals surface area contributed by atoms with Crippen LogP contribution in [0.2, 0.25) is 0 Å². The fraction of sp³-hybridized carbons (Fsp3) is 0.194. The molecule has 0 saturated carbocycles. The number of aromatic nitrogens is 3. The van der Waals surface area contributed by atoms with Gasteiger partial charge in [-0.15, -0.1) is 21.5 Å². The highest BCUT2D eigenvalue weighted by Gasteiger charge is 2.33. The van der Waals surface area contributed by atoms with Crippen molar-refractivity contribution in [2.24, 2.45) is 5.10 Å². The van der Waals surface area contributed by atoms with Crippen LogP contribution in [-0.4, -0.2) is 50.2 Å². The van der Waals surface area contributed by atoms with Gasteiger partial charge in [0.05, 0.1) is 42.3 Å². The highest BCUT2D eigenvalue weighted by atomic mass is 32.2. The van der Waals surface area contributed by atoms with Gasteiger partial charge >= 0.3 is 0 Å². The summed E-state index contributed by atoms with van der Waals surface area (Å²) in [5.74, 6) is 1.07. The maximum absolute atomic E-state index is 13.7. The Labute approximate surface area is 256 Å². The number of thioether (sulfide) groups is 1. The number of amides is 2. The number of hydrogen-bond acceptors (Lipinski definition) is 9. The molecule has 0 saturated heterocycles. The maximum atomic E-state index is 13.7. The molecule has 43 heavy (non-hydrogen) atoms. The zero-order valence-corrected chi connectivity index (χ0v) is 25.1. The molecule has 1 aliphatic rings. The number of nitrogens with one attached hydrogen (secondary N) is 1. The van der Waals surface area contributed by atoms with E-state index in [2.05, 4.69) is 15.5 Å². The van der Waals surface area contributed by atoms with Gasteiger partial charge in [-0.25, -0.2) is 5.01 Å². The first-order chi connectivity index (χ1) is 21.0. The van der Waals surface area contributed by atoms with Crippen LogP contribution >= 0.6 is 23.1 Å². The molecule has 0 fully saturated rings. The molecule has 6 rings (SSSR count). The second kappa shape index (κ2) is 12.7. The average Bonchev–Trinajstić information content (AvgIpc) is 3.85. The van der Waals surface area contributed by atoms with Gasteiger partial charge in [-0.3, -0.25) is 14.2 Å². The zero-order valence-electron chi connectivity index (χ0n) is 23.5. The minimum Gasteiger partial charge on any atom is -0.497 e. The van der Waals surface area contributed by atoms with Crippen molar-refractivity contribution in [3.63, 3.8) is 0 Å². The third-order valence-electron chi connectivity index (χ3n) is 6.91. The van der Waals surface area contributed by atoms with E-state index in [4.69, 9.17) is 14.3 Å². The first-order valence-corrected chi connectivity index (χ1v) is 15.4. The van der Waals surface area contributed by atoms with Gasteiger partial charge in [0.1, 0.15) is 5.75 Å². The van der Waals surface area contributed by atoms with Crippen LogP contribution in [0.25, 0.3) is 5.69 Å². The fourth-order valence-corrected chi connectivity index (χ4v) is 6.34. The third-order valence-corrected chi connectivity index (χ3v) is 8.74. The number of carbonyl (C=O) groups excluding carboxylic acids is 2. The molecule has 0 aliphatic carbocycles. The molecule has 2 amide bonds. The van der Waals surface area contributed by atoms with E-state index in [0.717, 1.165) is 33.2 Å². The second-order valence-corrected chi connectivity index (χ2v) is 11.7. The molecule has 1 atom stereocenters. The minimum atomic E-state index is -0.355. The number of hydrazone groups is 1. The topological polar surface area (TPSA) is 115 Å². The van der Waals surface area contributed by atoms with Crippen molar-refractivity contribution in [3.05, 3.63) is 112 Å². The van der Waals surface area contributed by atoms with Gasteiger partial charge in [-0.05, 0) is 65.9 Å². The van der Waals surface area contributed by atoms with Crippen molar-refractivity contribution < 1.29 is 18.7 Å². The Hall–Kier alpha value is -4.68. The summed E-state index contributed by atoms with van der Waals surface area (Å²) in [5, 5.41) is 20.5. The number of thiophene rings is 1. The van der Waals surface area contributed by atoms with Crippen molar-refractivity contribution in [1.29, 1.82) is 0 Å². The quantitative estimate of drug-likeness (QED) is 0.203. The smallest absolute Gasteiger partial charge is 0.287 e. The summed E-state index contributed by atoms with van der Waals surface area (Å²) in [6, 6.07) is 22.6. The average molecular weight is 613 g/mol. The number of aryl methyl sites for hydroxylation is 1. The summed E-state index contributed by atoms with van der Waals surface area (Å²) in [5.41, 5.74) is 3.75. The number of furan rings is 1. The van der Waals surface area contributed by atoms with Crippen LogP contribution in [0.5, 0.6) is 5.75 Å². The summed E-state index contributed by atoms with van der Waals surface area (Å²) in [7, 11) is 1.63. The van der Waals surface area contributed by atoms with E-state index in [-0.39, 0.29) is 35.9 Å². The number of methoxy groups -OCH3 is 1. The van der Waals surface area contributed by atoms with E-state index in [1.807, 2.05) is 77.5 Å². The van der Waals surface area contributed by atoms with Gasteiger partial charge in [0, 0.05) is 12.1 Å². The van der Waals surface area contributed by atoms with Gasteiger partial charge in [0.25, 0.3) is 11.8 Å². The summed E-state index contributed by atoms with van der Waals surface area (Å²) in [6.45, 7) is 2.12. The number of nitrogens with zero attached hydrogens (tertiary/aromatic N) is 5. The predicted octanol–water partition coefficient (Wildman–Crippen LogP) is 5.64. The molecule has 218 valence electrons. The van der Waals surface area contributed by atoms with Crippen molar-refractivity contribution >= 4 is 40.6 Å². The first kappa shape index (κ1) is 28.4. The normalized spacial score (nSPS) is 14.5. The number of rotatable bonds is 10. The molecule has 12 heteroatoms. The van der Waals surface area contributed by atoms with E-state index in [0.29, 0.717) is 17.4 Å². The van der Waals surface area contributed by atoms with Crippen LogP contribution in [0.4, 0.5) is 0 Å². The number of carbonyl (C=O) groups is 2. The van der Waals surface area contributed by atoms with E-state index in [1.54, 1.807) is 35.6 Å². The van der Waals surface area contributed by atoms with Crippen LogP contribution in [0.1, 0.15) is 44.8 Å². The Kier molecular flexibility index (Phi) is 8.38. The lowest BCUT2D eigenvalue weighted by Crippen LogP contribution is -2.28. The second-order valence-electron chi connectivity index (χ2n) is 9.78. The third kappa shape index (κ3) is 6.25. The van der Waals surface area contributed by atoms with E-state index in [9.17, 15) is 9.59 Å². The number of benzene rings is 2. The molecule has 2 aromatic carbocycles. The number of ether oxygens (including phenoxy) is 1. The van der Waals surface area contributed by atoms with Crippen molar-refractivity contribution in [2.45, 2.75) is 31.1 Å². The molecule has 0 bridgehead atoms. The fourth-order valence-electron chi connectivity index (χ4n) is 4.80. The minimum absolute atomic E-state index is 0.0938. The highest BCUT2D eigenvalue weighted by Crippen LogP contribution is 2.35. The van der Waals surface area contributed by atoms with Crippen molar-refractivity contribution in [3.8, 4) is 11.4 Å². The summed E-state index contributed by atoms with van der Waals surface area (Å²) in [6.07, 6.45) is 2.06. The Morgan fingerprint density at radius 1 is 1.09 bits per heavy atom. The monoisotopic (exact) mass is 612 g/mol. The summed E-state index contributed by atoms with van der Waals surface area (Å²) < 4.78 is 12.4. The van der Waals surface area contributed by atoms with Crippen LogP contribution in [0.3, 0.4) is 0 Å². The SMILES string of the molecule is COc1ccc([C@@H]2CC(c3cccs3)=NN2C(=O)CSc2nnc(CNC(=O)c3ccco3)n2-c2cccc(C)c2)cc1. The maximum Gasteiger partial charge on any atom is 0.287 e. The first-order valence-electron chi connectivity index (χ1n) is 13.5. The van der Waals surface area contributed by atoms with E-state index in [1.165, 1.54) is 18.0 Å². The Bertz CT molecular complexity index is 1750. The van der Waals surface area contributed by atoms with Gasteiger partial charge in [-0.2, -0.15) is 5.10 Å². The molecular formula is C31H28N6O4S2. The lowest BCUT2D eigenvalue weighted by Gasteiger charge is -2.22. The molecule has 1 N–H and O–H groups in total. The van der Waals surface area contributed by atoms with Gasteiger partial charge in [0.2, 0.25) is 0 Å². The lowest BCUT2D eigenvalue weighted by molar-refractivity contribution is -0.130. The molecule has 3 aromatic heterocycles. The Balaban J connectivity index is 1.24. The predicted molar refractivity (Wildman–Crippen MR) is 165 cm³/mol. The van der Waals surface area contributed by atoms with Gasteiger partial charge in [-0.1, -0.05) is 42.1 Å². The molecule has 0 spiro atoms. The summed E-state index contributed by atoms with van der Waals surface area (Å²) in [4.78, 5) is 27.3. The van der Waals surface area contributed by atoms with Crippen molar-refractivity contribution in [1.82, 2.24) is 25.1 Å². The molecular weight excluding hydrogens is 585 g/mol. The molecule has 10 nitrogen and oxygen atoms in total. The molecule has 5 aromatic rings. The molecule has 4 heterocycles. The van der Waals surface area contributed by atoms with Gasteiger partial charge < -0.3 is 14.5 Å². The lowest BCUT2D eigenvalue weighted by atomic mass is 10.0. The zero-order chi connectivity index (χ0) is 29.8. The van der Waals surface area contributed by atoms with Crippen molar-refractivity contribution in [2.75, 3.05) is 12.9 Å². The Morgan fingerprint density at radius 2 is 1.95 bits per heavy atom. The van der Waals surface area contributed by atoms with E-state index < -0.39 is 0 Å². The molecule has 1 aliphatic heterocycles. The standard InChI is InChI=1S/C31H28N6O4S2/c1-20-6-3-7-22(16-20)36-28(18-32-30(39)26-8-4-14-41-26)33-34-31(36)43-19-29(38)37-25(21-10-12-23(40-2)13-11-21)17-24(35-37)27-9-5-15-42-27/h3-16,25H,17-19H2,1-2H3,(H,32,39)/t25-/m0/s1. The van der Waals surface area contributed by atoms with Crippen LogP contribution < -0.4 is 10.1 Å². The van der Waals surface area contributed by atoms with Gasteiger partial charge in [0.15, 0.2) is 16.7 Å². The summed E-state index contributed by atoms with van der Waals surface area (Å²) >= 11 is 2.88. The van der Waals surface area contributed by atoms with Crippen LogP contribution in [0.15, 0.2) is 99.1 Å². The number of hydrogen-bond donors (Lipinski definition) is 1. The molecule has 0 unspecified atom stereocenters. The van der Waals surface area contributed by atoms with Crippen LogP contribution in [0, 0.1) is 6.92 Å².